The van der Waals surface area contributed by atoms with Crippen molar-refractivity contribution in [2.75, 3.05) is 0 Å². The maximum absolute atomic E-state index is 11.4. The Morgan fingerprint density at radius 1 is 1.62 bits per heavy atom. The van der Waals surface area contributed by atoms with Crippen LogP contribution in [0, 0.1) is 0 Å². The molecule has 82 valence electrons. The summed E-state index contributed by atoms with van der Waals surface area (Å²) in [5, 5.41) is 2.76. The number of hydrogen-bond acceptors (Lipinski definition) is 4. The normalized spacial score (nSPS) is 17.7. The lowest BCUT2D eigenvalue weighted by Gasteiger charge is -1.96. The Bertz CT molecular complexity index is 488. The van der Waals surface area contributed by atoms with E-state index in [1.54, 1.807) is 18.2 Å². The number of furan rings is 1. The van der Waals surface area contributed by atoms with E-state index in [1.165, 1.54) is 13.2 Å². The van der Waals surface area contributed by atoms with Gasteiger partial charge in [0.1, 0.15) is 5.76 Å². The van der Waals surface area contributed by atoms with Gasteiger partial charge < -0.3 is 9.73 Å². The van der Waals surface area contributed by atoms with Gasteiger partial charge in [0.2, 0.25) is 5.91 Å². The largest absolute Gasteiger partial charge is 0.465 e. The molecule has 0 aliphatic carbocycles. The van der Waals surface area contributed by atoms with Gasteiger partial charge in [-0.25, -0.2) is 0 Å². The minimum absolute atomic E-state index is 0.252. The van der Waals surface area contributed by atoms with Crippen LogP contribution in [0.3, 0.4) is 0 Å². The zero-order valence-electron chi connectivity index (χ0n) is 8.39. The monoisotopic (exact) mass is 236 g/mol. The molecule has 2 rings (SSSR count). The molecule has 1 aromatic rings. The van der Waals surface area contributed by atoms with E-state index in [9.17, 15) is 9.59 Å². The second-order valence-corrected chi connectivity index (χ2v) is 4.06. The van der Waals surface area contributed by atoms with Crippen molar-refractivity contribution in [2.24, 2.45) is 4.99 Å². The second-order valence-electron chi connectivity index (χ2n) is 3.03. The summed E-state index contributed by atoms with van der Waals surface area (Å²) in [6.45, 7) is 1.36. The van der Waals surface area contributed by atoms with Gasteiger partial charge in [-0.3, -0.25) is 9.59 Å². The number of thioether (sulfide) groups is 1. The van der Waals surface area contributed by atoms with Gasteiger partial charge in [-0.1, -0.05) is 0 Å². The minimum Gasteiger partial charge on any atom is -0.465 e. The van der Waals surface area contributed by atoms with Gasteiger partial charge in [-0.05, 0) is 23.9 Å². The molecule has 5 nitrogen and oxygen atoms in total. The fourth-order valence-corrected chi connectivity index (χ4v) is 1.96. The van der Waals surface area contributed by atoms with Crippen molar-refractivity contribution in [3.63, 3.8) is 0 Å². The first-order valence-electron chi connectivity index (χ1n) is 4.49. The molecule has 2 heterocycles. The van der Waals surface area contributed by atoms with Crippen LogP contribution in [-0.2, 0) is 9.59 Å². The summed E-state index contributed by atoms with van der Waals surface area (Å²) in [4.78, 5) is 26.3. The van der Waals surface area contributed by atoms with Crippen LogP contribution in [0.2, 0.25) is 0 Å². The van der Waals surface area contributed by atoms with Crippen LogP contribution >= 0.6 is 11.8 Å². The Labute approximate surface area is 95.6 Å². The summed E-state index contributed by atoms with van der Waals surface area (Å²) in [5.74, 6) is -0.0430. The molecule has 16 heavy (non-hydrogen) atoms. The highest BCUT2D eigenvalue weighted by Crippen LogP contribution is 2.27. The zero-order valence-corrected chi connectivity index (χ0v) is 9.21. The number of nitrogens with one attached hydrogen (secondary N) is 1. The molecule has 0 unspecified atom stereocenters. The molecule has 1 aliphatic heterocycles. The van der Waals surface area contributed by atoms with Gasteiger partial charge in [0.05, 0.1) is 11.2 Å². The minimum atomic E-state index is -0.370. The van der Waals surface area contributed by atoms with Crippen molar-refractivity contribution in [3.8, 4) is 0 Å². The average Bonchev–Trinajstić information content (AvgIpc) is 2.77. The lowest BCUT2D eigenvalue weighted by Crippen LogP contribution is -2.23. The predicted molar refractivity (Wildman–Crippen MR) is 60.5 cm³/mol. The molecule has 6 heteroatoms. The molecular weight excluding hydrogens is 228 g/mol. The Kier molecular flexibility index (Phi) is 2.91. The number of aliphatic imine (C=N–C) groups is 1. The first-order valence-corrected chi connectivity index (χ1v) is 5.30. The van der Waals surface area contributed by atoms with Crippen LogP contribution in [0.4, 0.5) is 0 Å². The highest BCUT2D eigenvalue weighted by atomic mass is 32.2. The van der Waals surface area contributed by atoms with E-state index in [0.717, 1.165) is 11.8 Å². The Hall–Kier alpha value is -1.82. The quantitative estimate of drug-likeness (QED) is 0.748. The van der Waals surface area contributed by atoms with Crippen molar-refractivity contribution in [2.45, 2.75) is 6.92 Å². The maximum Gasteiger partial charge on any atom is 0.286 e. The van der Waals surface area contributed by atoms with E-state index in [4.69, 9.17) is 4.42 Å². The third-order valence-corrected chi connectivity index (χ3v) is 2.62. The summed E-state index contributed by atoms with van der Waals surface area (Å²) in [6, 6.07) is 3.46. The maximum atomic E-state index is 11.4. The first kappa shape index (κ1) is 10.7. The lowest BCUT2D eigenvalue weighted by molar-refractivity contribution is -0.117. The molecule has 0 radical (unpaired) electrons. The predicted octanol–water partition coefficient (Wildman–Crippen LogP) is 1.39. The van der Waals surface area contributed by atoms with E-state index in [2.05, 4.69) is 10.3 Å². The number of rotatable bonds is 1. The summed E-state index contributed by atoms with van der Waals surface area (Å²) in [5.41, 5.74) is 0. The summed E-state index contributed by atoms with van der Waals surface area (Å²) in [6.07, 6.45) is 3.11. The van der Waals surface area contributed by atoms with Crippen LogP contribution in [-0.4, -0.2) is 17.0 Å². The molecule has 0 saturated carbocycles. The lowest BCUT2D eigenvalue weighted by atomic mass is 10.4. The molecule has 1 N–H and O–H groups in total. The standard InChI is InChI=1S/C10H8N2O3S/c1-6(13)11-10-12-9(14)8(16-10)5-7-3-2-4-15-7/h2-5H,1H3,(H,11,12,13,14)/b8-5+. The van der Waals surface area contributed by atoms with Crippen LogP contribution < -0.4 is 5.32 Å². The molecule has 0 bridgehead atoms. The third-order valence-electron chi connectivity index (χ3n) is 1.72. The number of nitrogens with zero attached hydrogens (tertiary/aromatic N) is 1. The Morgan fingerprint density at radius 3 is 3.06 bits per heavy atom. The van der Waals surface area contributed by atoms with Crippen molar-refractivity contribution in [3.05, 3.63) is 29.1 Å². The van der Waals surface area contributed by atoms with Crippen molar-refractivity contribution < 1.29 is 14.0 Å². The molecule has 0 atom stereocenters. The highest BCUT2D eigenvalue weighted by Gasteiger charge is 2.22. The second kappa shape index (κ2) is 4.36. The molecular formula is C10H8N2O3S. The van der Waals surface area contributed by atoms with Gasteiger partial charge in [0.15, 0.2) is 5.17 Å². The number of amides is 2. The van der Waals surface area contributed by atoms with Gasteiger partial charge >= 0.3 is 0 Å². The molecule has 0 aromatic carbocycles. The summed E-state index contributed by atoms with van der Waals surface area (Å²) < 4.78 is 5.08. The Morgan fingerprint density at radius 2 is 2.44 bits per heavy atom. The van der Waals surface area contributed by atoms with Crippen molar-refractivity contribution in [1.82, 2.24) is 5.32 Å². The molecule has 0 spiro atoms. The molecule has 0 saturated heterocycles. The molecule has 1 aromatic heterocycles. The van der Waals surface area contributed by atoms with Crippen LogP contribution in [0.1, 0.15) is 12.7 Å². The number of carbonyl (C=O) groups excluding carboxylic acids is 2. The van der Waals surface area contributed by atoms with Crippen LogP contribution in [0.5, 0.6) is 0 Å². The number of hydrogen-bond donors (Lipinski definition) is 1. The third kappa shape index (κ3) is 2.40. The molecule has 2 amide bonds. The van der Waals surface area contributed by atoms with Crippen LogP contribution in [0.25, 0.3) is 6.08 Å². The zero-order chi connectivity index (χ0) is 11.5. The van der Waals surface area contributed by atoms with E-state index < -0.39 is 0 Å². The van der Waals surface area contributed by atoms with Crippen molar-refractivity contribution >= 4 is 34.8 Å². The van der Waals surface area contributed by atoms with Gasteiger partial charge in [-0.2, -0.15) is 4.99 Å². The fraction of sp³-hybridized carbons (Fsp3) is 0.100. The van der Waals surface area contributed by atoms with Gasteiger partial charge in [-0.15, -0.1) is 0 Å². The van der Waals surface area contributed by atoms with E-state index in [0.29, 0.717) is 15.8 Å². The Balaban J connectivity index is 2.12. The topological polar surface area (TPSA) is 71.7 Å². The average molecular weight is 236 g/mol. The smallest absolute Gasteiger partial charge is 0.286 e. The number of carbonyl (C=O) groups is 2. The van der Waals surface area contributed by atoms with E-state index in [-0.39, 0.29) is 11.8 Å². The van der Waals surface area contributed by atoms with Crippen LogP contribution in [0.15, 0.2) is 32.7 Å². The summed E-state index contributed by atoms with van der Waals surface area (Å²) in [7, 11) is 0. The molecule has 0 fully saturated rings. The number of amidine groups is 1. The van der Waals surface area contributed by atoms with Gasteiger partial charge in [0.25, 0.3) is 5.91 Å². The molecule has 1 aliphatic rings. The first-order chi connectivity index (χ1) is 7.65. The SMILES string of the molecule is CC(=O)NC1=NC(=O)/C(=C\c2ccco2)S1. The van der Waals surface area contributed by atoms with E-state index >= 15 is 0 Å². The van der Waals surface area contributed by atoms with E-state index in [1.807, 2.05) is 0 Å². The van der Waals surface area contributed by atoms with Crippen molar-refractivity contribution in [1.29, 1.82) is 0 Å². The summed E-state index contributed by atoms with van der Waals surface area (Å²) >= 11 is 1.11. The van der Waals surface area contributed by atoms with Gasteiger partial charge in [0, 0.05) is 13.0 Å². The highest BCUT2D eigenvalue weighted by molar-refractivity contribution is 8.18. The fourth-order valence-electron chi connectivity index (χ4n) is 1.12.